The summed E-state index contributed by atoms with van der Waals surface area (Å²) in [5.74, 6) is 0. The minimum Gasteiger partial charge on any atom is -0.252 e. The highest BCUT2D eigenvalue weighted by molar-refractivity contribution is 7.19. The van der Waals surface area contributed by atoms with Crippen LogP contribution in [0.2, 0.25) is 0 Å². The Morgan fingerprint density at radius 2 is 0.976 bits per heavy atom. The van der Waals surface area contributed by atoms with Crippen molar-refractivity contribution >= 4 is 50.5 Å². The molecule has 1 aromatic heterocycles. The van der Waals surface area contributed by atoms with Crippen molar-refractivity contribution in [3.63, 3.8) is 0 Å². The van der Waals surface area contributed by atoms with Crippen molar-refractivity contribution in [2.45, 2.75) is 13.8 Å². The van der Waals surface area contributed by atoms with Gasteiger partial charge in [-0.2, -0.15) is 0 Å². The lowest BCUT2D eigenvalue weighted by molar-refractivity contribution is 1.26. The SMILES string of the molecule is Cc1ccc2ccc3c(-c4ccc([Si](c5ccccc5)(c5ccccc5)c5ccccc5)cc4)cc(C)nc3c2c1. The Balaban J connectivity index is 1.46. The van der Waals surface area contributed by atoms with Crippen LogP contribution >= 0.6 is 0 Å². The summed E-state index contributed by atoms with van der Waals surface area (Å²) in [6, 6.07) is 56.0. The van der Waals surface area contributed by atoms with E-state index in [4.69, 9.17) is 4.98 Å². The van der Waals surface area contributed by atoms with E-state index in [-0.39, 0.29) is 0 Å². The van der Waals surface area contributed by atoms with Crippen LogP contribution in [0.1, 0.15) is 11.3 Å². The zero-order chi connectivity index (χ0) is 27.8. The van der Waals surface area contributed by atoms with Gasteiger partial charge in [-0.3, -0.25) is 4.98 Å². The first kappa shape index (κ1) is 25.2. The highest BCUT2D eigenvalue weighted by Crippen LogP contribution is 2.33. The molecule has 0 atom stereocenters. The van der Waals surface area contributed by atoms with E-state index in [2.05, 4.69) is 166 Å². The lowest BCUT2D eigenvalue weighted by Gasteiger charge is -2.34. The van der Waals surface area contributed by atoms with Crippen LogP contribution < -0.4 is 20.7 Å². The Morgan fingerprint density at radius 3 is 1.54 bits per heavy atom. The molecule has 1 heterocycles. The number of nitrogens with zero attached hydrogens (tertiary/aromatic N) is 1. The summed E-state index contributed by atoms with van der Waals surface area (Å²) in [4.78, 5) is 5.01. The van der Waals surface area contributed by atoms with E-state index in [0.29, 0.717) is 0 Å². The predicted molar refractivity (Wildman–Crippen MR) is 178 cm³/mol. The molecule has 2 heteroatoms. The Bertz CT molecular complexity index is 1880. The molecule has 196 valence electrons. The van der Waals surface area contributed by atoms with Crippen LogP contribution in [-0.4, -0.2) is 13.1 Å². The van der Waals surface area contributed by atoms with E-state index in [1.54, 1.807) is 0 Å². The monoisotopic (exact) mass is 541 g/mol. The van der Waals surface area contributed by atoms with Gasteiger partial charge in [0.15, 0.2) is 8.07 Å². The Labute approximate surface area is 242 Å². The van der Waals surface area contributed by atoms with Crippen LogP contribution in [0, 0.1) is 13.8 Å². The molecule has 7 rings (SSSR count). The summed E-state index contributed by atoms with van der Waals surface area (Å²) < 4.78 is 0. The Kier molecular flexibility index (Phi) is 6.34. The predicted octanol–water partition coefficient (Wildman–Crippen LogP) is 7.05. The molecular weight excluding hydrogens is 511 g/mol. The molecule has 0 aliphatic heterocycles. The molecule has 41 heavy (non-hydrogen) atoms. The second-order valence-corrected chi connectivity index (χ2v) is 14.7. The molecular formula is C39H31NSi. The fourth-order valence-corrected chi connectivity index (χ4v) is 11.2. The summed E-state index contributed by atoms with van der Waals surface area (Å²) in [6.45, 7) is 4.25. The van der Waals surface area contributed by atoms with Crippen molar-refractivity contribution in [2.24, 2.45) is 0 Å². The number of fused-ring (bicyclic) bond motifs is 3. The molecule has 0 N–H and O–H groups in total. The summed E-state index contributed by atoms with van der Waals surface area (Å²) in [7, 11) is -2.54. The summed E-state index contributed by atoms with van der Waals surface area (Å²) >= 11 is 0. The first-order valence-electron chi connectivity index (χ1n) is 14.2. The molecule has 7 aromatic rings. The molecule has 1 nitrogen and oxygen atoms in total. The Hall–Kier alpha value is -4.79. The second-order valence-electron chi connectivity index (χ2n) is 10.9. The van der Waals surface area contributed by atoms with Crippen molar-refractivity contribution in [2.75, 3.05) is 0 Å². The molecule has 0 amide bonds. The molecule has 0 unspecified atom stereocenters. The summed E-state index contributed by atoms with van der Waals surface area (Å²) in [5, 5.41) is 9.17. The highest BCUT2D eigenvalue weighted by atomic mass is 28.3. The third kappa shape index (κ3) is 4.28. The zero-order valence-corrected chi connectivity index (χ0v) is 24.4. The van der Waals surface area contributed by atoms with Crippen LogP contribution in [0.3, 0.4) is 0 Å². The molecule has 0 aliphatic rings. The third-order valence-corrected chi connectivity index (χ3v) is 13.1. The lowest BCUT2D eigenvalue weighted by Crippen LogP contribution is -2.74. The number of pyridine rings is 1. The van der Waals surface area contributed by atoms with E-state index < -0.39 is 8.07 Å². The van der Waals surface area contributed by atoms with E-state index in [0.717, 1.165) is 11.2 Å². The Morgan fingerprint density at radius 1 is 0.463 bits per heavy atom. The maximum atomic E-state index is 5.01. The van der Waals surface area contributed by atoms with Crippen molar-refractivity contribution < 1.29 is 0 Å². The third-order valence-electron chi connectivity index (χ3n) is 8.33. The summed E-state index contributed by atoms with van der Waals surface area (Å²) in [5.41, 5.74) is 5.81. The quantitative estimate of drug-likeness (QED) is 0.129. The van der Waals surface area contributed by atoms with Crippen LogP contribution in [0.5, 0.6) is 0 Å². The van der Waals surface area contributed by atoms with Crippen LogP contribution in [0.4, 0.5) is 0 Å². The molecule has 0 aliphatic carbocycles. The maximum Gasteiger partial charge on any atom is 0.179 e. The maximum absolute atomic E-state index is 5.01. The van der Waals surface area contributed by atoms with Gasteiger partial charge in [-0.05, 0) is 63.2 Å². The van der Waals surface area contributed by atoms with Gasteiger partial charge in [0.25, 0.3) is 0 Å². The molecule has 6 aromatic carbocycles. The molecule has 0 saturated heterocycles. The zero-order valence-electron chi connectivity index (χ0n) is 23.4. The minimum absolute atomic E-state index is 1.03. The van der Waals surface area contributed by atoms with E-state index in [9.17, 15) is 0 Å². The standard InChI is InChI=1S/C39H31NSi/c1-28-18-19-31-22-25-36-37(27-29(2)40-39(36)38(31)26-28)30-20-23-35(24-21-30)41(32-12-6-3-7-13-32,33-14-8-4-9-15-33)34-16-10-5-11-17-34/h3-27H,1-2H3. The molecule has 0 bridgehead atoms. The van der Waals surface area contributed by atoms with Gasteiger partial charge in [-0.15, -0.1) is 0 Å². The van der Waals surface area contributed by atoms with Crippen LogP contribution in [0.25, 0.3) is 32.8 Å². The van der Waals surface area contributed by atoms with E-state index in [1.165, 1.54) is 53.6 Å². The lowest BCUT2D eigenvalue weighted by atomic mass is 9.96. The summed E-state index contributed by atoms with van der Waals surface area (Å²) in [6.07, 6.45) is 0. The van der Waals surface area contributed by atoms with E-state index >= 15 is 0 Å². The molecule has 0 fully saturated rings. The van der Waals surface area contributed by atoms with Gasteiger partial charge in [0.2, 0.25) is 0 Å². The number of hydrogen-bond acceptors (Lipinski definition) is 1. The smallest absolute Gasteiger partial charge is 0.179 e. The van der Waals surface area contributed by atoms with Crippen LogP contribution in [-0.2, 0) is 0 Å². The van der Waals surface area contributed by atoms with Gasteiger partial charge >= 0.3 is 0 Å². The number of rotatable bonds is 5. The highest BCUT2D eigenvalue weighted by Gasteiger charge is 2.41. The molecule has 0 spiro atoms. The van der Waals surface area contributed by atoms with Crippen molar-refractivity contribution in [3.05, 3.63) is 163 Å². The fourth-order valence-electron chi connectivity index (χ4n) is 6.45. The van der Waals surface area contributed by atoms with Crippen molar-refractivity contribution in [1.82, 2.24) is 4.98 Å². The molecule has 0 radical (unpaired) electrons. The van der Waals surface area contributed by atoms with Gasteiger partial charge in [-0.25, -0.2) is 0 Å². The van der Waals surface area contributed by atoms with E-state index in [1.807, 2.05) is 0 Å². The molecule has 0 saturated carbocycles. The average molecular weight is 542 g/mol. The van der Waals surface area contributed by atoms with Crippen molar-refractivity contribution in [1.29, 1.82) is 0 Å². The largest absolute Gasteiger partial charge is 0.252 e. The normalized spacial score (nSPS) is 11.7. The number of hydrogen-bond donors (Lipinski definition) is 0. The minimum atomic E-state index is -2.54. The topological polar surface area (TPSA) is 12.9 Å². The number of aryl methyl sites for hydroxylation is 2. The van der Waals surface area contributed by atoms with Gasteiger partial charge in [-0.1, -0.05) is 145 Å². The van der Waals surface area contributed by atoms with Gasteiger partial charge in [0.05, 0.1) is 5.52 Å². The van der Waals surface area contributed by atoms with Gasteiger partial charge in [0, 0.05) is 16.5 Å². The number of benzene rings is 6. The van der Waals surface area contributed by atoms with Gasteiger partial charge in [0.1, 0.15) is 0 Å². The van der Waals surface area contributed by atoms with Crippen LogP contribution in [0.15, 0.2) is 152 Å². The number of aromatic nitrogens is 1. The van der Waals surface area contributed by atoms with Crippen molar-refractivity contribution in [3.8, 4) is 11.1 Å². The fraction of sp³-hybridized carbons (Fsp3) is 0.0513. The second kappa shape index (κ2) is 10.3. The average Bonchev–Trinajstić information content (AvgIpc) is 3.03. The first-order chi connectivity index (χ1) is 20.1. The first-order valence-corrected chi connectivity index (χ1v) is 16.2. The van der Waals surface area contributed by atoms with Gasteiger partial charge < -0.3 is 0 Å².